The molecule has 0 unspecified atom stereocenters. The fourth-order valence-electron chi connectivity index (χ4n) is 1.65. The Morgan fingerprint density at radius 1 is 1.67 bits per heavy atom. The summed E-state index contributed by atoms with van der Waals surface area (Å²) in [5.41, 5.74) is 0. The van der Waals surface area contributed by atoms with Gasteiger partial charge in [-0.3, -0.25) is 4.21 Å². The van der Waals surface area contributed by atoms with Crippen LogP contribution < -0.4 is 0 Å². The second-order valence-electron chi connectivity index (χ2n) is 2.97. The third kappa shape index (κ3) is 2.03. The van der Waals surface area contributed by atoms with E-state index >= 15 is 0 Å². The van der Waals surface area contributed by atoms with Crippen LogP contribution in [-0.2, 0) is 10.8 Å². The van der Waals surface area contributed by atoms with Crippen LogP contribution in [0.5, 0.6) is 0 Å². The maximum Gasteiger partial charge on any atom is 0.0930 e. The van der Waals surface area contributed by atoms with Gasteiger partial charge in [0, 0.05) is 23.2 Å². The highest BCUT2D eigenvalue weighted by atomic mass is 32.2. The Morgan fingerprint density at radius 2 is 2.42 bits per heavy atom. The molecule has 0 spiro atoms. The van der Waals surface area contributed by atoms with E-state index in [-0.39, 0.29) is 10.7 Å². The fraction of sp³-hybridized carbons (Fsp3) is 1.00. The molecule has 0 aromatic carbocycles. The monoisotopic (exact) mass is 208 g/mol. The van der Waals surface area contributed by atoms with Crippen molar-refractivity contribution in [2.24, 2.45) is 0 Å². The zero-order chi connectivity index (χ0) is 9.03. The average molecular weight is 208 g/mol. The molecule has 0 aliphatic carbocycles. The van der Waals surface area contributed by atoms with Gasteiger partial charge in [-0.1, -0.05) is 6.92 Å². The Kier molecular flexibility index (Phi) is 4.06. The zero-order valence-corrected chi connectivity index (χ0v) is 9.05. The number of thioether (sulfide) groups is 1. The highest BCUT2D eigenvalue weighted by Gasteiger charge is 2.40. The Labute approximate surface area is 80.6 Å². The van der Waals surface area contributed by atoms with E-state index in [0.717, 1.165) is 24.3 Å². The van der Waals surface area contributed by atoms with Crippen LogP contribution in [0.3, 0.4) is 0 Å². The van der Waals surface area contributed by atoms with Crippen molar-refractivity contribution in [3.05, 3.63) is 0 Å². The van der Waals surface area contributed by atoms with Gasteiger partial charge in [0.15, 0.2) is 0 Å². The summed E-state index contributed by atoms with van der Waals surface area (Å²) in [7, 11) is -0.716. The van der Waals surface area contributed by atoms with E-state index in [1.54, 1.807) is 11.8 Å². The van der Waals surface area contributed by atoms with Crippen molar-refractivity contribution < 1.29 is 9.32 Å². The van der Waals surface area contributed by atoms with Crippen LogP contribution in [0.25, 0.3) is 0 Å². The normalized spacial score (nSPS) is 35.7. The predicted octanol–water partition coefficient (Wildman–Crippen LogP) is 1.36. The summed E-state index contributed by atoms with van der Waals surface area (Å²) in [6, 6.07) is 0. The largest absolute Gasteiger partial charge is 0.396 e. The molecule has 1 heterocycles. The van der Waals surface area contributed by atoms with Crippen molar-refractivity contribution >= 4 is 22.6 Å². The standard InChI is InChI=1S/C8H16O2S2/c1-2-11-8(5-6-9)4-3-7-12(8)10/h9H,2-7H2,1H3/t8-,12+/m0/s1. The molecule has 2 atom stereocenters. The maximum absolute atomic E-state index is 11.7. The Balaban J connectivity index is 2.63. The first-order valence-electron chi connectivity index (χ1n) is 4.38. The number of hydrogen-bond donors (Lipinski definition) is 1. The van der Waals surface area contributed by atoms with E-state index in [1.807, 2.05) is 0 Å². The summed E-state index contributed by atoms with van der Waals surface area (Å²) >= 11 is 1.76. The minimum Gasteiger partial charge on any atom is -0.396 e. The first kappa shape index (κ1) is 10.5. The lowest BCUT2D eigenvalue weighted by molar-refractivity contribution is 0.281. The van der Waals surface area contributed by atoms with Crippen molar-refractivity contribution in [3.8, 4) is 0 Å². The second-order valence-corrected chi connectivity index (χ2v) is 6.76. The minimum absolute atomic E-state index is 0.108. The van der Waals surface area contributed by atoms with Crippen molar-refractivity contribution in [3.63, 3.8) is 0 Å². The molecule has 1 aliphatic rings. The van der Waals surface area contributed by atoms with E-state index in [9.17, 15) is 4.21 Å². The van der Waals surface area contributed by atoms with Gasteiger partial charge in [-0.2, -0.15) is 0 Å². The van der Waals surface area contributed by atoms with Crippen LogP contribution in [0, 0.1) is 0 Å². The summed E-state index contributed by atoms with van der Waals surface area (Å²) in [5, 5.41) is 8.89. The first-order valence-corrected chi connectivity index (χ1v) is 6.69. The minimum atomic E-state index is -0.716. The van der Waals surface area contributed by atoms with Crippen LogP contribution >= 0.6 is 11.8 Å². The molecule has 1 rings (SSSR count). The highest BCUT2D eigenvalue weighted by Crippen LogP contribution is 2.41. The van der Waals surface area contributed by atoms with E-state index in [2.05, 4.69) is 6.92 Å². The average Bonchev–Trinajstić information content (AvgIpc) is 2.35. The third-order valence-electron chi connectivity index (χ3n) is 2.20. The van der Waals surface area contributed by atoms with Crippen molar-refractivity contribution in [1.29, 1.82) is 0 Å². The molecule has 1 fully saturated rings. The lowest BCUT2D eigenvalue weighted by atomic mass is 10.2. The van der Waals surface area contributed by atoms with Crippen LogP contribution in [0.15, 0.2) is 0 Å². The van der Waals surface area contributed by atoms with Gasteiger partial charge in [0.05, 0.1) is 4.08 Å². The number of aliphatic hydroxyl groups excluding tert-OH is 1. The van der Waals surface area contributed by atoms with Crippen LogP contribution in [0.4, 0.5) is 0 Å². The van der Waals surface area contributed by atoms with Gasteiger partial charge < -0.3 is 5.11 Å². The smallest absolute Gasteiger partial charge is 0.0930 e. The molecule has 1 saturated heterocycles. The van der Waals surface area contributed by atoms with Crippen molar-refractivity contribution in [2.45, 2.75) is 30.3 Å². The number of rotatable bonds is 4. The van der Waals surface area contributed by atoms with Gasteiger partial charge in [-0.05, 0) is 25.0 Å². The number of aliphatic hydroxyl groups is 1. The van der Waals surface area contributed by atoms with Gasteiger partial charge in [-0.15, -0.1) is 11.8 Å². The van der Waals surface area contributed by atoms with E-state index in [4.69, 9.17) is 5.11 Å². The molecule has 0 saturated carbocycles. The lowest BCUT2D eigenvalue weighted by Crippen LogP contribution is -2.27. The highest BCUT2D eigenvalue weighted by molar-refractivity contribution is 8.12. The lowest BCUT2D eigenvalue weighted by Gasteiger charge is -2.25. The quantitative estimate of drug-likeness (QED) is 0.758. The molecule has 0 aromatic rings. The SMILES string of the molecule is CCS[C@@]1(CCO)CCC[S@]1=O. The summed E-state index contributed by atoms with van der Waals surface area (Å²) in [6.07, 6.45) is 2.76. The molecule has 2 nitrogen and oxygen atoms in total. The van der Waals surface area contributed by atoms with Gasteiger partial charge in [0.25, 0.3) is 0 Å². The summed E-state index contributed by atoms with van der Waals surface area (Å²) in [4.78, 5) is 0. The molecule has 1 N–H and O–H groups in total. The van der Waals surface area contributed by atoms with Gasteiger partial charge >= 0.3 is 0 Å². The summed E-state index contributed by atoms with van der Waals surface area (Å²) in [6.45, 7) is 2.25. The van der Waals surface area contributed by atoms with Crippen molar-refractivity contribution in [1.82, 2.24) is 0 Å². The summed E-state index contributed by atoms with van der Waals surface area (Å²) < 4.78 is 11.5. The fourth-order valence-corrected chi connectivity index (χ4v) is 5.30. The molecular formula is C8H16O2S2. The van der Waals surface area contributed by atoms with E-state index < -0.39 is 10.8 Å². The van der Waals surface area contributed by atoms with Crippen molar-refractivity contribution in [2.75, 3.05) is 18.1 Å². The Morgan fingerprint density at radius 3 is 2.83 bits per heavy atom. The molecule has 72 valence electrons. The molecule has 1 aliphatic heterocycles. The first-order chi connectivity index (χ1) is 5.75. The molecule has 0 aromatic heterocycles. The molecule has 4 heteroatoms. The zero-order valence-electron chi connectivity index (χ0n) is 7.41. The van der Waals surface area contributed by atoms with Gasteiger partial charge in [0.1, 0.15) is 0 Å². The number of hydrogen-bond acceptors (Lipinski definition) is 3. The van der Waals surface area contributed by atoms with Gasteiger partial charge in [0.2, 0.25) is 0 Å². The third-order valence-corrected chi connectivity index (χ3v) is 6.23. The molecule has 0 amide bonds. The maximum atomic E-state index is 11.7. The molecule has 12 heavy (non-hydrogen) atoms. The second kappa shape index (κ2) is 4.63. The molecule has 0 radical (unpaired) electrons. The predicted molar refractivity (Wildman–Crippen MR) is 54.8 cm³/mol. The molecular weight excluding hydrogens is 192 g/mol. The van der Waals surface area contributed by atoms with Crippen LogP contribution in [0.1, 0.15) is 26.2 Å². The Hall–Kier alpha value is 0.460. The molecule has 0 bridgehead atoms. The van der Waals surface area contributed by atoms with E-state index in [0.29, 0.717) is 6.42 Å². The summed E-state index contributed by atoms with van der Waals surface area (Å²) in [5.74, 6) is 1.82. The Bertz CT molecular complexity index is 164. The van der Waals surface area contributed by atoms with Gasteiger partial charge in [-0.25, -0.2) is 0 Å². The van der Waals surface area contributed by atoms with Crippen LogP contribution in [-0.4, -0.2) is 31.5 Å². The van der Waals surface area contributed by atoms with Crippen LogP contribution in [0.2, 0.25) is 0 Å². The topological polar surface area (TPSA) is 37.3 Å². The van der Waals surface area contributed by atoms with E-state index in [1.165, 1.54) is 0 Å².